The van der Waals surface area contributed by atoms with Crippen molar-refractivity contribution in [2.45, 2.75) is 38.5 Å². The first kappa shape index (κ1) is 15.4. The number of hydrogen-bond donors (Lipinski definition) is 1. The van der Waals surface area contributed by atoms with E-state index in [1.807, 2.05) is 44.2 Å². The molecule has 6 nitrogen and oxygen atoms in total. The van der Waals surface area contributed by atoms with Crippen molar-refractivity contribution in [3.05, 3.63) is 63.8 Å². The van der Waals surface area contributed by atoms with Crippen LogP contribution < -0.4 is 5.56 Å². The molecule has 3 rings (SSSR count). The Labute approximate surface area is 133 Å². The number of benzene rings is 1. The lowest BCUT2D eigenvalue weighted by Crippen LogP contribution is -2.28. The van der Waals surface area contributed by atoms with Crippen molar-refractivity contribution in [1.29, 1.82) is 0 Å². The number of rotatable bonds is 4. The average molecular weight is 314 g/mol. The Morgan fingerprint density at radius 1 is 1.39 bits per heavy atom. The van der Waals surface area contributed by atoms with Gasteiger partial charge in [-0.05, 0) is 5.56 Å². The second-order valence-corrected chi connectivity index (χ2v) is 6.32. The number of aromatic carboxylic acids is 1. The first-order chi connectivity index (χ1) is 10.9. The first-order valence-corrected chi connectivity index (χ1v) is 7.41. The van der Waals surface area contributed by atoms with Gasteiger partial charge in [0.1, 0.15) is 12.1 Å². The van der Waals surface area contributed by atoms with Crippen molar-refractivity contribution in [1.82, 2.24) is 9.55 Å². The van der Waals surface area contributed by atoms with Gasteiger partial charge in [-0.25, -0.2) is 9.78 Å². The molecule has 0 radical (unpaired) electrons. The van der Waals surface area contributed by atoms with Gasteiger partial charge in [-0.15, -0.1) is 0 Å². The van der Waals surface area contributed by atoms with E-state index in [-0.39, 0.29) is 5.69 Å². The van der Waals surface area contributed by atoms with E-state index in [4.69, 9.17) is 9.84 Å². The molecule has 0 saturated carbocycles. The van der Waals surface area contributed by atoms with Crippen molar-refractivity contribution in [3.63, 3.8) is 0 Å². The molecule has 1 aromatic heterocycles. The molecule has 1 aliphatic rings. The van der Waals surface area contributed by atoms with Gasteiger partial charge >= 0.3 is 5.97 Å². The maximum atomic E-state index is 12.3. The second-order valence-electron chi connectivity index (χ2n) is 6.32. The van der Waals surface area contributed by atoms with Gasteiger partial charge in [0.15, 0.2) is 5.69 Å². The third-order valence-corrected chi connectivity index (χ3v) is 4.03. The molecule has 1 aromatic carbocycles. The SMILES string of the molecule is CC1(C)CC(OCc2ccccc2)n2c1nc(C(=O)O)cc2=O. The number of carbonyl (C=O) groups is 1. The number of hydrogen-bond acceptors (Lipinski definition) is 4. The van der Waals surface area contributed by atoms with E-state index in [1.165, 1.54) is 4.57 Å². The molecule has 23 heavy (non-hydrogen) atoms. The Balaban J connectivity index is 1.92. The molecule has 1 atom stereocenters. The molecule has 2 heterocycles. The minimum atomic E-state index is -1.20. The summed E-state index contributed by atoms with van der Waals surface area (Å²) in [5.74, 6) is -0.740. The van der Waals surface area contributed by atoms with Crippen LogP contribution in [0.15, 0.2) is 41.2 Å². The Morgan fingerprint density at radius 2 is 2.09 bits per heavy atom. The lowest BCUT2D eigenvalue weighted by atomic mass is 9.91. The van der Waals surface area contributed by atoms with Crippen LogP contribution in [-0.2, 0) is 16.8 Å². The van der Waals surface area contributed by atoms with E-state index in [0.29, 0.717) is 18.9 Å². The quantitative estimate of drug-likeness (QED) is 0.936. The topological polar surface area (TPSA) is 81.4 Å². The summed E-state index contributed by atoms with van der Waals surface area (Å²) in [5.41, 5.74) is -0.0256. The molecule has 0 aliphatic carbocycles. The van der Waals surface area contributed by atoms with E-state index >= 15 is 0 Å². The minimum Gasteiger partial charge on any atom is -0.477 e. The van der Waals surface area contributed by atoms with Crippen LogP contribution in [0.5, 0.6) is 0 Å². The number of carboxylic acid groups (broad SMARTS) is 1. The molecule has 1 aliphatic heterocycles. The highest BCUT2D eigenvalue weighted by Crippen LogP contribution is 2.39. The highest BCUT2D eigenvalue weighted by molar-refractivity contribution is 5.85. The zero-order valence-corrected chi connectivity index (χ0v) is 13.0. The molecule has 0 saturated heterocycles. The number of ether oxygens (including phenoxy) is 1. The summed E-state index contributed by atoms with van der Waals surface area (Å²) < 4.78 is 7.38. The van der Waals surface area contributed by atoms with Crippen LogP contribution in [0.25, 0.3) is 0 Å². The van der Waals surface area contributed by atoms with E-state index < -0.39 is 23.2 Å². The fraction of sp³-hybridized carbons (Fsp3) is 0.353. The molecule has 0 fully saturated rings. The van der Waals surface area contributed by atoms with Gasteiger partial charge in [0, 0.05) is 17.9 Å². The van der Waals surface area contributed by atoms with Gasteiger partial charge < -0.3 is 9.84 Å². The summed E-state index contributed by atoms with van der Waals surface area (Å²) in [4.78, 5) is 27.6. The molecule has 0 bridgehead atoms. The van der Waals surface area contributed by atoms with Gasteiger partial charge in [0.25, 0.3) is 5.56 Å². The Kier molecular flexibility index (Phi) is 3.77. The van der Waals surface area contributed by atoms with Crippen molar-refractivity contribution in [3.8, 4) is 0 Å². The summed E-state index contributed by atoms with van der Waals surface area (Å²) in [7, 11) is 0. The van der Waals surface area contributed by atoms with Crippen LogP contribution >= 0.6 is 0 Å². The van der Waals surface area contributed by atoms with Crippen molar-refractivity contribution < 1.29 is 14.6 Å². The third kappa shape index (κ3) is 2.90. The molecule has 2 aromatic rings. The highest BCUT2D eigenvalue weighted by Gasteiger charge is 2.40. The van der Waals surface area contributed by atoms with E-state index in [2.05, 4.69) is 4.98 Å². The molecule has 6 heteroatoms. The minimum absolute atomic E-state index is 0.224. The summed E-state index contributed by atoms with van der Waals surface area (Å²) in [6.07, 6.45) is 0.133. The van der Waals surface area contributed by atoms with E-state index in [9.17, 15) is 9.59 Å². The summed E-state index contributed by atoms with van der Waals surface area (Å²) in [6.45, 7) is 4.25. The highest BCUT2D eigenvalue weighted by atomic mass is 16.5. The largest absolute Gasteiger partial charge is 0.477 e. The zero-order chi connectivity index (χ0) is 16.6. The molecule has 0 spiro atoms. The summed E-state index contributed by atoms with van der Waals surface area (Å²) in [6, 6.07) is 10.7. The van der Waals surface area contributed by atoms with E-state index in [0.717, 1.165) is 11.6 Å². The Hall–Kier alpha value is -2.47. The first-order valence-electron chi connectivity index (χ1n) is 7.41. The van der Waals surface area contributed by atoms with Crippen LogP contribution in [0.2, 0.25) is 0 Å². The predicted octanol–water partition coefficient (Wildman–Crippen LogP) is 2.34. The van der Waals surface area contributed by atoms with Crippen molar-refractivity contribution in [2.75, 3.05) is 0 Å². The summed E-state index contributed by atoms with van der Waals surface area (Å²) in [5, 5.41) is 9.09. The number of aromatic nitrogens is 2. The van der Waals surface area contributed by atoms with Gasteiger partial charge in [0.2, 0.25) is 0 Å². The number of fused-ring (bicyclic) bond motifs is 1. The molecule has 1 N–H and O–H groups in total. The second kappa shape index (κ2) is 5.62. The fourth-order valence-electron chi connectivity index (χ4n) is 2.88. The zero-order valence-electron chi connectivity index (χ0n) is 13.0. The van der Waals surface area contributed by atoms with Crippen molar-refractivity contribution >= 4 is 5.97 Å². The standard InChI is InChI=1S/C17H18N2O4/c1-17(2)9-14(23-10-11-6-4-3-5-7-11)19-13(20)8-12(15(21)22)18-16(17)19/h3-8,14H,9-10H2,1-2H3,(H,21,22). The average Bonchev–Trinajstić information content (AvgIpc) is 2.77. The monoisotopic (exact) mass is 314 g/mol. The third-order valence-electron chi connectivity index (χ3n) is 4.03. The summed E-state index contributed by atoms with van der Waals surface area (Å²) >= 11 is 0. The van der Waals surface area contributed by atoms with Crippen LogP contribution in [0.3, 0.4) is 0 Å². The van der Waals surface area contributed by atoms with Gasteiger partial charge in [-0.1, -0.05) is 44.2 Å². The fourth-order valence-corrected chi connectivity index (χ4v) is 2.88. The maximum absolute atomic E-state index is 12.3. The van der Waals surface area contributed by atoms with Crippen LogP contribution in [-0.4, -0.2) is 20.6 Å². The predicted molar refractivity (Wildman–Crippen MR) is 83.4 cm³/mol. The van der Waals surface area contributed by atoms with Crippen LogP contribution in [0, 0.1) is 0 Å². The van der Waals surface area contributed by atoms with Gasteiger partial charge in [0.05, 0.1) is 6.61 Å². The van der Waals surface area contributed by atoms with Crippen LogP contribution in [0.1, 0.15) is 48.4 Å². The van der Waals surface area contributed by atoms with Gasteiger partial charge in [-0.3, -0.25) is 9.36 Å². The Morgan fingerprint density at radius 3 is 2.74 bits per heavy atom. The van der Waals surface area contributed by atoms with E-state index in [1.54, 1.807) is 0 Å². The molecular formula is C17H18N2O4. The molecular weight excluding hydrogens is 296 g/mol. The molecule has 0 amide bonds. The maximum Gasteiger partial charge on any atom is 0.354 e. The normalized spacial score (nSPS) is 18.6. The number of carboxylic acids is 1. The lowest BCUT2D eigenvalue weighted by Gasteiger charge is -2.16. The Bertz CT molecular complexity index is 796. The molecule has 120 valence electrons. The lowest BCUT2D eigenvalue weighted by molar-refractivity contribution is -0.0111. The van der Waals surface area contributed by atoms with Crippen molar-refractivity contribution in [2.24, 2.45) is 0 Å². The smallest absolute Gasteiger partial charge is 0.354 e. The van der Waals surface area contributed by atoms with Gasteiger partial charge in [-0.2, -0.15) is 0 Å². The number of nitrogens with zero attached hydrogens (tertiary/aromatic N) is 2. The van der Waals surface area contributed by atoms with Crippen LogP contribution in [0.4, 0.5) is 0 Å². The molecule has 1 unspecified atom stereocenters.